The van der Waals surface area contributed by atoms with Crippen molar-refractivity contribution in [2.24, 2.45) is 0 Å². The van der Waals surface area contributed by atoms with Gasteiger partial charge in [-0.15, -0.1) is 0 Å². The molecule has 0 fully saturated rings. The van der Waals surface area contributed by atoms with Crippen molar-refractivity contribution in [3.63, 3.8) is 0 Å². The Balaban J connectivity index is 2.14. The molecule has 0 spiro atoms. The second kappa shape index (κ2) is 10.1. The van der Waals surface area contributed by atoms with Crippen LogP contribution in [0, 0.1) is 0 Å². The van der Waals surface area contributed by atoms with Crippen molar-refractivity contribution >= 4 is 5.97 Å². The standard InChI is InChI=1S/C26H28O5/c1-4-31-26(21-10-14-23(29-2)15-11-21,22-12-16-24(30-3)17-13-22)20-8-5-19(6-9-20)7-18-25(27)28/h5-6,8-17H,4,7,18H2,1-3H3,(H,27,28). The Hall–Kier alpha value is -3.31. The van der Waals surface area contributed by atoms with Crippen molar-refractivity contribution in [3.8, 4) is 11.5 Å². The zero-order chi connectivity index (χ0) is 22.3. The number of benzene rings is 3. The Morgan fingerprint density at radius 3 is 1.55 bits per heavy atom. The Bertz CT molecular complexity index is 928. The van der Waals surface area contributed by atoms with Crippen LogP contribution in [0.5, 0.6) is 11.5 Å². The van der Waals surface area contributed by atoms with Gasteiger partial charge in [-0.1, -0.05) is 48.5 Å². The fraction of sp³-hybridized carbons (Fsp3) is 0.269. The maximum absolute atomic E-state index is 10.9. The van der Waals surface area contributed by atoms with Crippen LogP contribution >= 0.6 is 0 Å². The molecule has 3 rings (SSSR count). The Morgan fingerprint density at radius 1 is 0.774 bits per heavy atom. The van der Waals surface area contributed by atoms with E-state index in [0.717, 1.165) is 33.8 Å². The summed E-state index contributed by atoms with van der Waals surface area (Å²) in [4.78, 5) is 10.9. The smallest absolute Gasteiger partial charge is 0.303 e. The summed E-state index contributed by atoms with van der Waals surface area (Å²) in [7, 11) is 3.29. The molecule has 0 aliphatic rings. The summed E-state index contributed by atoms with van der Waals surface area (Å²) in [6.07, 6.45) is 0.592. The van der Waals surface area contributed by atoms with Crippen molar-refractivity contribution in [1.29, 1.82) is 0 Å². The first-order valence-corrected chi connectivity index (χ1v) is 10.3. The van der Waals surface area contributed by atoms with E-state index in [-0.39, 0.29) is 6.42 Å². The van der Waals surface area contributed by atoms with Crippen molar-refractivity contribution in [2.75, 3.05) is 20.8 Å². The summed E-state index contributed by atoms with van der Waals surface area (Å²) in [6.45, 7) is 2.47. The predicted molar refractivity (Wildman–Crippen MR) is 120 cm³/mol. The quantitative estimate of drug-likeness (QED) is 0.465. The fourth-order valence-electron chi connectivity index (χ4n) is 3.78. The summed E-state index contributed by atoms with van der Waals surface area (Å²) in [6, 6.07) is 23.7. The molecular weight excluding hydrogens is 392 g/mol. The lowest BCUT2D eigenvalue weighted by molar-refractivity contribution is -0.136. The largest absolute Gasteiger partial charge is 0.497 e. The van der Waals surface area contributed by atoms with Gasteiger partial charge in [0.2, 0.25) is 0 Å². The molecule has 31 heavy (non-hydrogen) atoms. The molecule has 0 amide bonds. The van der Waals surface area contributed by atoms with Crippen molar-refractivity contribution in [3.05, 3.63) is 95.1 Å². The first-order chi connectivity index (χ1) is 15.0. The molecule has 0 heterocycles. The average Bonchev–Trinajstić information content (AvgIpc) is 2.82. The predicted octanol–water partition coefficient (Wildman–Crippen LogP) is 5.05. The minimum Gasteiger partial charge on any atom is -0.497 e. The third kappa shape index (κ3) is 4.89. The van der Waals surface area contributed by atoms with E-state index in [0.29, 0.717) is 13.0 Å². The highest BCUT2D eigenvalue weighted by Crippen LogP contribution is 2.41. The average molecular weight is 421 g/mol. The van der Waals surface area contributed by atoms with Crippen molar-refractivity contribution in [1.82, 2.24) is 0 Å². The Kier molecular flexibility index (Phi) is 7.32. The third-order valence-electron chi connectivity index (χ3n) is 5.34. The van der Waals surface area contributed by atoms with Gasteiger partial charge in [0.25, 0.3) is 0 Å². The van der Waals surface area contributed by atoms with E-state index >= 15 is 0 Å². The summed E-state index contributed by atoms with van der Waals surface area (Å²) in [5.41, 5.74) is 3.04. The van der Waals surface area contributed by atoms with Crippen LogP contribution in [0.2, 0.25) is 0 Å². The Labute approximate surface area is 183 Å². The van der Waals surface area contributed by atoms with Gasteiger partial charge in [-0.05, 0) is 59.9 Å². The number of hydrogen-bond donors (Lipinski definition) is 1. The van der Waals surface area contributed by atoms with Crippen LogP contribution in [0.3, 0.4) is 0 Å². The van der Waals surface area contributed by atoms with Gasteiger partial charge in [0, 0.05) is 13.0 Å². The van der Waals surface area contributed by atoms with Gasteiger partial charge in [-0.3, -0.25) is 4.79 Å². The summed E-state index contributed by atoms with van der Waals surface area (Å²) >= 11 is 0. The summed E-state index contributed by atoms with van der Waals surface area (Å²) in [5, 5.41) is 8.97. The zero-order valence-electron chi connectivity index (χ0n) is 18.1. The van der Waals surface area contributed by atoms with Crippen LogP contribution in [0.15, 0.2) is 72.8 Å². The lowest BCUT2D eigenvalue weighted by Crippen LogP contribution is -2.33. The topological polar surface area (TPSA) is 65.0 Å². The molecule has 3 aromatic carbocycles. The van der Waals surface area contributed by atoms with E-state index in [1.165, 1.54) is 0 Å². The molecule has 0 radical (unpaired) electrons. The van der Waals surface area contributed by atoms with Crippen LogP contribution in [0.25, 0.3) is 0 Å². The van der Waals surface area contributed by atoms with Crippen LogP contribution in [0.4, 0.5) is 0 Å². The maximum atomic E-state index is 10.9. The minimum atomic E-state index is -0.835. The highest BCUT2D eigenvalue weighted by molar-refractivity contribution is 5.67. The SMILES string of the molecule is CCOC(c1ccc(CCC(=O)O)cc1)(c1ccc(OC)cc1)c1ccc(OC)cc1. The molecule has 0 unspecified atom stereocenters. The number of carbonyl (C=O) groups is 1. The van der Waals surface area contributed by atoms with Gasteiger partial charge in [0.05, 0.1) is 14.2 Å². The molecule has 5 nitrogen and oxygen atoms in total. The molecule has 3 aromatic rings. The van der Waals surface area contributed by atoms with Gasteiger partial charge in [0.15, 0.2) is 0 Å². The highest BCUT2D eigenvalue weighted by atomic mass is 16.5. The van der Waals surface area contributed by atoms with E-state index in [9.17, 15) is 4.79 Å². The molecule has 0 saturated carbocycles. The molecule has 0 atom stereocenters. The molecule has 5 heteroatoms. The van der Waals surface area contributed by atoms with E-state index < -0.39 is 11.6 Å². The second-order valence-electron chi connectivity index (χ2n) is 7.16. The van der Waals surface area contributed by atoms with E-state index in [1.54, 1.807) is 14.2 Å². The van der Waals surface area contributed by atoms with E-state index in [4.69, 9.17) is 19.3 Å². The molecular formula is C26H28O5. The second-order valence-corrected chi connectivity index (χ2v) is 7.16. The van der Waals surface area contributed by atoms with Crippen LogP contribution in [-0.4, -0.2) is 31.9 Å². The van der Waals surface area contributed by atoms with Gasteiger partial charge in [-0.2, -0.15) is 0 Å². The zero-order valence-corrected chi connectivity index (χ0v) is 18.1. The third-order valence-corrected chi connectivity index (χ3v) is 5.34. The van der Waals surface area contributed by atoms with Gasteiger partial charge in [-0.25, -0.2) is 0 Å². The molecule has 0 aliphatic carbocycles. The number of carboxylic acid groups (broad SMARTS) is 1. The number of rotatable bonds is 10. The molecule has 0 bridgehead atoms. The number of aryl methyl sites for hydroxylation is 1. The minimum absolute atomic E-state index is 0.104. The molecule has 1 N–H and O–H groups in total. The Morgan fingerprint density at radius 2 is 1.19 bits per heavy atom. The number of ether oxygens (including phenoxy) is 3. The number of methoxy groups -OCH3 is 2. The number of hydrogen-bond acceptors (Lipinski definition) is 4. The van der Waals surface area contributed by atoms with Gasteiger partial charge < -0.3 is 19.3 Å². The summed E-state index contributed by atoms with van der Waals surface area (Å²) in [5.74, 6) is 0.741. The first kappa shape index (κ1) is 22.4. The first-order valence-electron chi connectivity index (χ1n) is 10.3. The molecule has 162 valence electrons. The van der Waals surface area contributed by atoms with Crippen LogP contribution in [0.1, 0.15) is 35.6 Å². The van der Waals surface area contributed by atoms with Crippen LogP contribution < -0.4 is 9.47 Å². The number of carboxylic acids is 1. The fourth-order valence-corrected chi connectivity index (χ4v) is 3.78. The highest BCUT2D eigenvalue weighted by Gasteiger charge is 2.37. The van der Waals surface area contributed by atoms with Gasteiger partial charge >= 0.3 is 5.97 Å². The normalized spacial score (nSPS) is 11.2. The maximum Gasteiger partial charge on any atom is 0.303 e. The lowest BCUT2D eigenvalue weighted by atomic mass is 9.79. The van der Waals surface area contributed by atoms with Crippen molar-refractivity contribution < 1.29 is 24.1 Å². The summed E-state index contributed by atoms with van der Waals surface area (Å²) < 4.78 is 17.2. The van der Waals surface area contributed by atoms with Gasteiger partial charge in [0.1, 0.15) is 17.1 Å². The molecule has 0 aromatic heterocycles. The molecule has 0 saturated heterocycles. The van der Waals surface area contributed by atoms with Crippen LogP contribution in [-0.2, 0) is 21.6 Å². The molecule has 0 aliphatic heterocycles. The van der Waals surface area contributed by atoms with E-state index in [2.05, 4.69) is 0 Å². The van der Waals surface area contributed by atoms with E-state index in [1.807, 2.05) is 79.7 Å². The number of aliphatic carboxylic acids is 1. The lowest BCUT2D eigenvalue weighted by Gasteiger charge is -2.36. The monoisotopic (exact) mass is 420 g/mol. The van der Waals surface area contributed by atoms with Crippen molar-refractivity contribution in [2.45, 2.75) is 25.4 Å².